The summed E-state index contributed by atoms with van der Waals surface area (Å²) in [6.45, 7) is 4.01. The number of thioether (sulfide) groups is 1. The lowest BCUT2D eigenvalue weighted by Gasteiger charge is -2.55. The predicted octanol–water partition coefficient (Wildman–Crippen LogP) is 2.67. The maximum atomic E-state index is 12.2. The van der Waals surface area contributed by atoms with Gasteiger partial charge in [-0.2, -0.15) is 0 Å². The Morgan fingerprint density at radius 2 is 1.78 bits per heavy atom. The van der Waals surface area contributed by atoms with Crippen molar-refractivity contribution in [3.8, 4) is 0 Å². The number of β-lactam (4-membered cyclic amide) rings is 1. The minimum Gasteiger partial charge on any atom is -0.295 e. The molecule has 0 N–H and O–H groups in total. The van der Waals surface area contributed by atoms with Crippen LogP contribution in [0.5, 0.6) is 0 Å². The molecule has 0 saturated carbocycles. The number of hydrogen-bond acceptors (Lipinski definition) is 3. The summed E-state index contributed by atoms with van der Waals surface area (Å²) in [6.07, 6.45) is 2.18. The smallest absolute Gasteiger partial charge is 0.237 e. The Bertz CT molecular complexity index is 453. The van der Waals surface area contributed by atoms with Crippen molar-refractivity contribution in [2.24, 2.45) is 5.41 Å². The number of carbonyl (C=O) groups excluding carboxylic acids is 1. The molecule has 18 heavy (non-hydrogen) atoms. The number of amides is 1. The average Bonchev–Trinajstić information content (AvgIpc) is 2.34. The Labute approximate surface area is 113 Å². The normalized spacial score (nSPS) is 22.2. The summed E-state index contributed by atoms with van der Waals surface area (Å²) < 4.78 is 0. The van der Waals surface area contributed by atoms with Crippen LogP contribution in [0.3, 0.4) is 0 Å². The third-order valence-corrected chi connectivity index (χ3v) is 4.24. The highest BCUT2D eigenvalue weighted by Crippen LogP contribution is 2.42. The van der Waals surface area contributed by atoms with E-state index in [9.17, 15) is 4.79 Å². The number of benzene rings is 1. The Balaban J connectivity index is 2.29. The van der Waals surface area contributed by atoms with Crippen LogP contribution in [-0.4, -0.2) is 37.3 Å². The van der Waals surface area contributed by atoms with Gasteiger partial charge < -0.3 is 0 Å². The van der Waals surface area contributed by atoms with E-state index in [1.165, 1.54) is 4.90 Å². The first-order valence-electron chi connectivity index (χ1n) is 6.03. The third kappa shape index (κ3) is 1.93. The van der Waals surface area contributed by atoms with Crippen LogP contribution in [0.2, 0.25) is 0 Å². The Morgan fingerprint density at radius 1 is 1.22 bits per heavy atom. The van der Waals surface area contributed by atoms with Crippen LogP contribution >= 0.6 is 11.8 Å². The molecule has 0 aliphatic carbocycles. The molecule has 1 heterocycles. The molecule has 1 saturated heterocycles. The lowest BCUT2D eigenvalue weighted by Crippen LogP contribution is -2.71. The van der Waals surface area contributed by atoms with Gasteiger partial charge in [-0.15, -0.1) is 11.8 Å². The lowest BCUT2D eigenvalue weighted by molar-refractivity contribution is -0.142. The van der Waals surface area contributed by atoms with Crippen molar-refractivity contribution in [3.63, 3.8) is 0 Å². The SMILES string of the molecule is CSc1ccc(N2C(=O)C(C)(C)C2N(C)C)cc1. The molecular formula is C14H20N2OS. The predicted molar refractivity (Wildman–Crippen MR) is 77.0 cm³/mol. The van der Waals surface area contributed by atoms with Crippen LogP contribution in [0.1, 0.15) is 13.8 Å². The van der Waals surface area contributed by atoms with Gasteiger partial charge in [0.25, 0.3) is 0 Å². The fourth-order valence-electron chi connectivity index (χ4n) is 2.67. The van der Waals surface area contributed by atoms with Crippen molar-refractivity contribution in [3.05, 3.63) is 24.3 Å². The fourth-order valence-corrected chi connectivity index (χ4v) is 3.07. The molecule has 1 aromatic rings. The molecule has 1 unspecified atom stereocenters. The molecule has 4 heteroatoms. The first-order chi connectivity index (χ1) is 8.39. The van der Waals surface area contributed by atoms with E-state index in [2.05, 4.69) is 23.3 Å². The molecule has 1 amide bonds. The molecule has 0 radical (unpaired) electrons. The van der Waals surface area contributed by atoms with Gasteiger partial charge in [0.1, 0.15) is 6.17 Å². The zero-order valence-corrected chi connectivity index (χ0v) is 12.4. The molecule has 0 spiro atoms. The van der Waals surface area contributed by atoms with Crippen LogP contribution in [0.25, 0.3) is 0 Å². The Morgan fingerprint density at radius 3 is 2.22 bits per heavy atom. The quantitative estimate of drug-likeness (QED) is 0.619. The maximum absolute atomic E-state index is 12.2. The minimum absolute atomic E-state index is 0.130. The van der Waals surface area contributed by atoms with Crippen molar-refractivity contribution >= 4 is 23.4 Å². The molecule has 0 bridgehead atoms. The average molecular weight is 264 g/mol. The molecule has 1 aromatic carbocycles. The van der Waals surface area contributed by atoms with Crippen molar-refractivity contribution < 1.29 is 4.79 Å². The number of hydrogen-bond donors (Lipinski definition) is 0. The van der Waals surface area contributed by atoms with E-state index in [0.29, 0.717) is 0 Å². The standard InChI is InChI=1S/C14H20N2OS/c1-14(2)12(15(3)4)16(13(14)17)10-6-8-11(18-5)9-7-10/h6-9,12H,1-5H3. The maximum Gasteiger partial charge on any atom is 0.237 e. The van der Waals surface area contributed by atoms with Gasteiger partial charge >= 0.3 is 0 Å². The lowest BCUT2D eigenvalue weighted by atomic mass is 9.77. The van der Waals surface area contributed by atoms with Crippen LogP contribution in [-0.2, 0) is 4.79 Å². The van der Waals surface area contributed by atoms with Crippen LogP contribution in [0, 0.1) is 5.41 Å². The fraction of sp³-hybridized carbons (Fsp3) is 0.500. The monoisotopic (exact) mass is 264 g/mol. The summed E-state index contributed by atoms with van der Waals surface area (Å²) >= 11 is 1.71. The highest BCUT2D eigenvalue weighted by atomic mass is 32.2. The van der Waals surface area contributed by atoms with Gasteiger partial charge in [-0.05, 0) is 58.5 Å². The van der Waals surface area contributed by atoms with Gasteiger partial charge in [0.05, 0.1) is 5.41 Å². The van der Waals surface area contributed by atoms with Crippen molar-refractivity contribution in [2.45, 2.75) is 24.9 Å². The highest BCUT2D eigenvalue weighted by Gasteiger charge is 2.55. The van der Waals surface area contributed by atoms with Gasteiger partial charge in [0.2, 0.25) is 5.91 Å². The molecule has 1 aliphatic rings. The molecule has 1 atom stereocenters. The second-order valence-electron chi connectivity index (χ2n) is 5.43. The number of rotatable bonds is 3. The summed E-state index contributed by atoms with van der Waals surface area (Å²) in [5, 5.41) is 0. The first-order valence-corrected chi connectivity index (χ1v) is 7.26. The molecule has 0 aromatic heterocycles. The molecule has 1 fully saturated rings. The third-order valence-electron chi connectivity index (χ3n) is 3.50. The summed E-state index contributed by atoms with van der Waals surface area (Å²) in [7, 11) is 4.03. The van der Waals surface area contributed by atoms with E-state index < -0.39 is 0 Å². The van der Waals surface area contributed by atoms with E-state index in [1.807, 2.05) is 45.0 Å². The van der Waals surface area contributed by atoms with E-state index >= 15 is 0 Å². The van der Waals surface area contributed by atoms with Crippen molar-refractivity contribution in [2.75, 3.05) is 25.3 Å². The van der Waals surface area contributed by atoms with E-state index in [0.717, 1.165) is 5.69 Å². The molecule has 1 aliphatic heterocycles. The van der Waals surface area contributed by atoms with Gasteiger partial charge in [-0.1, -0.05) is 0 Å². The molecule has 98 valence electrons. The van der Waals surface area contributed by atoms with Gasteiger partial charge in [-0.3, -0.25) is 14.6 Å². The second kappa shape index (κ2) is 4.59. The van der Waals surface area contributed by atoms with E-state index in [-0.39, 0.29) is 17.5 Å². The van der Waals surface area contributed by atoms with Gasteiger partial charge in [0.15, 0.2) is 0 Å². The molecule has 2 rings (SSSR count). The molecule has 3 nitrogen and oxygen atoms in total. The Hall–Kier alpha value is -1.00. The van der Waals surface area contributed by atoms with E-state index in [4.69, 9.17) is 0 Å². The topological polar surface area (TPSA) is 23.6 Å². The minimum atomic E-state index is -0.304. The zero-order valence-electron chi connectivity index (χ0n) is 11.6. The van der Waals surface area contributed by atoms with Crippen LogP contribution < -0.4 is 4.90 Å². The summed E-state index contributed by atoms with van der Waals surface area (Å²) in [4.78, 5) is 17.4. The number of carbonyl (C=O) groups is 1. The van der Waals surface area contributed by atoms with Gasteiger partial charge in [0, 0.05) is 10.6 Å². The summed E-state index contributed by atoms with van der Waals surface area (Å²) in [6, 6.07) is 8.17. The summed E-state index contributed by atoms with van der Waals surface area (Å²) in [5.41, 5.74) is 0.678. The molecular weight excluding hydrogens is 244 g/mol. The van der Waals surface area contributed by atoms with Crippen molar-refractivity contribution in [1.29, 1.82) is 0 Å². The van der Waals surface area contributed by atoms with Gasteiger partial charge in [-0.25, -0.2) is 0 Å². The Kier molecular flexibility index (Phi) is 3.43. The van der Waals surface area contributed by atoms with Crippen LogP contribution in [0.4, 0.5) is 5.69 Å². The van der Waals surface area contributed by atoms with Crippen LogP contribution in [0.15, 0.2) is 29.2 Å². The number of nitrogens with zero attached hydrogens (tertiary/aromatic N) is 2. The zero-order chi connectivity index (χ0) is 13.5. The first kappa shape index (κ1) is 13.4. The van der Waals surface area contributed by atoms with Crippen molar-refractivity contribution in [1.82, 2.24) is 4.90 Å². The summed E-state index contributed by atoms with van der Waals surface area (Å²) in [5.74, 6) is 0.193. The largest absolute Gasteiger partial charge is 0.295 e. The highest BCUT2D eigenvalue weighted by molar-refractivity contribution is 7.98. The van der Waals surface area contributed by atoms with E-state index in [1.54, 1.807) is 11.8 Å². The number of anilines is 1. The second-order valence-corrected chi connectivity index (χ2v) is 6.31.